The van der Waals surface area contributed by atoms with E-state index in [0.717, 1.165) is 32.1 Å². The number of carbonyl (C=O) groups excluding carboxylic acids is 2. The lowest BCUT2D eigenvalue weighted by Crippen LogP contribution is -2.67. The zero-order valence-electron chi connectivity index (χ0n) is 22.2. The van der Waals surface area contributed by atoms with Gasteiger partial charge in [-0.2, -0.15) is 0 Å². The molecule has 0 amide bonds. The Bertz CT molecular complexity index is 918. The fourth-order valence-corrected chi connectivity index (χ4v) is 11.6. The SMILES string of the molecule is CC1(C)CC[C@@]23CC[C@]4(C)[C@H](CC[C@@H]5[C@]6(C)CCC(=O)C(C)(C)[C@@H]6CC[C@]54C)[C@@H]2[C@H]1OC3=O. The molecule has 1 aliphatic heterocycles. The first-order chi connectivity index (χ1) is 15.2. The molecule has 33 heavy (non-hydrogen) atoms. The van der Waals surface area contributed by atoms with Gasteiger partial charge in [-0.15, -0.1) is 0 Å². The molecule has 2 bridgehead atoms. The largest absolute Gasteiger partial charge is 0.461 e. The van der Waals surface area contributed by atoms with Crippen LogP contribution in [0.15, 0.2) is 0 Å². The molecule has 0 spiro atoms. The van der Waals surface area contributed by atoms with Gasteiger partial charge in [-0.1, -0.05) is 48.5 Å². The molecule has 0 unspecified atom stereocenters. The highest BCUT2D eigenvalue weighted by Gasteiger charge is 2.75. The number of esters is 1. The maximum Gasteiger partial charge on any atom is 0.312 e. The lowest BCUT2D eigenvalue weighted by atomic mass is 9.31. The molecular formula is C30H46O3. The fraction of sp³-hybridized carbons (Fsp3) is 0.933. The van der Waals surface area contributed by atoms with Gasteiger partial charge < -0.3 is 4.74 Å². The topological polar surface area (TPSA) is 43.4 Å². The van der Waals surface area contributed by atoms with Gasteiger partial charge in [0.2, 0.25) is 0 Å². The maximum absolute atomic E-state index is 13.3. The minimum Gasteiger partial charge on any atom is -0.461 e. The zero-order chi connectivity index (χ0) is 23.8. The first kappa shape index (κ1) is 22.6. The zero-order valence-corrected chi connectivity index (χ0v) is 22.2. The first-order valence-corrected chi connectivity index (χ1v) is 14.0. The molecule has 5 saturated carbocycles. The van der Waals surface area contributed by atoms with Crippen LogP contribution in [-0.2, 0) is 14.3 Å². The van der Waals surface area contributed by atoms with Gasteiger partial charge in [-0.3, -0.25) is 9.59 Å². The molecule has 5 aliphatic carbocycles. The second-order valence-corrected chi connectivity index (χ2v) is 15.3. The van der Waals surface area contributed by atoms with Crippen molar-refractivity contribution in [3.05, 3.63) is 0 Å². The minimum atomic E-state index is -0.200. The lowest BCUT2D eigenvalue weighted by molar-refractivity contribution is -0.239. The summed E-state index contributed by atoms with van der Waals surface area (Å²) < 4.78 is 6.27. The van der Waals surface area contributed by atoms with Gasteiger partial charge in [-0.25, -0.2) is 0 Å². The van der Waals surface area contributed by atoms with Crippen LogP contribution in [-0.4, -0.2) is 17.9 Å². The van der Waals surface area contributed by atoms with Gasteiger partial charge >= 0.3 is 5.97 Å². The van der Waals surface area contributed by atoms with E-state index < -0.39 is 0 Å². The highest BCUT2D eigenvalue weighted by atomic mass is 16.6. The number of hydrogen-bond acceptors (Lipinski definition) is 3. The van der Waals surface area contributed by atoms with Crippen molar-refractivity contribution in [2.45, 2.75) is 119 Å². The number of ketones is 1. The fourth-order valence-electron chi connectivity index (χ4n) is 11.6. The van der Waals surface area contributed by atoms with Gasteiger partial charge in [0.15, 0.2) is 0 Å². The van der Waals surface area contributed by atoms with Crippen LogP contribution in [0.4, 0.5) is 0 Å². The average molecular weight is 455 g/mol. The molecule has 0 N–H and O–H groups in total. The van der Waals surface area contributed by atoms with Crippen LogP contribution < -0.4 is 0 Å². The predicted octanol–water partition coefficient (Wildman–Crippen LogP) is 6.97. The highest BCUT2D eigenvalue weighted by molar-refractivity contribution is 5.85. The third kappa shape index (κ3) is 2.39. The molecule has 1 saturated heterocycles. The lowest BCUT2D eigenvalue weighted by Gasteiger charge is -2.72. The molecule has 6 aliphatic rings. The van der Waals surface area contributed by atoms with Crippen molar-refractivity contribution in [1.82, 2.24) is 0 Å². The highest BCUT2D eigenvalue weighted by Crippen LogP contribution is 2.77. The van der Waals surface area contributed by atoms with Crippen LogP contribution in [0.25, 0.3) is 0 Å². The van der Waals surface area contributed by atoms with Crippen LogP contribution in [0.1, 0.15) is 113 Å². The Morgan fingerprint density at radius 2 is 1.42 bits per heavy atom. The van der Waals surface area contributed by atoms with Crippen LogP contribution in [0.5, 0.6) is 0 Å². The Hall–Kier alpha value is -0.860. The van der Waals surface area contributed by atoms with Crippen molar-refractivity contribution >= 4 is 11.8 Å². The summed E-state index contributed by atoms with van der Waals surface area (Å²) in [4.78, 5) is 26.3. The van der Waals surface area contributed by atoms with E-state index in [-0.39, 0.29) is 44.6 Å². The van der Waals surface area contributed by atoms with Crippen molar-refractivity contribution in [2.24, 2.45) is 56.2 Å². The third-order valence-electron chi connectivity index (χ3n) is 13.8. The van der Waals surface area contributed by atoms with Gasteiger partial charge in [-0.05, 0) is 91.8 Å². The van der Waals surface area contributed by atoms with Crippen LogP contribution in [0.2, 0.25) is 0 Å². The monoisotopic (exact) mass is 454 g/mol. The summed E-state index contributed by atoms with van der Waals surface area (Å²) in [5.74, 6) is 2.80. The Kier molecular flexibility index (Phi) is 4.30. The van der Waals surface area contributed by atoms with Crippen LogP contribution >= 0.6 is 0 Å². The van der Waals surface area contributed by atoms with E-state index in [1.807, 2.05) is 0 Å². The van der Waals surface area contributed by atoms with Gasteiger partial charge in [0.25, 0.3) is 0 Å². The quantitative estimate of drug-likeness (QED) is 0.371. The standard InChI is InChI=1S/C30H46O3/c1-25(2)14-16-30-17-15-28(6)18(22(30)23(25)33-24(30)32)8-9-20-27(5)12-11-21(31)26(3,4)19(27)10-13-29(20,28)7/h18-20,22-23H,8-17H2,1-7H3/t18-,19+,20-,22-,23-,27-,28-,29-,30-/m1/s1. The molecule has 3 nitrogen and oxygen atoms in total. The van der Waals surface area contributed by atoms with Gasteiger partial charge in [0.05, 0.1) is 5.41 Å². The Morgan fingerprint density at radius 3 is 2.15 bits per heavy atom. The summed E-state index contributed by atoms with van der Waals surface area (Å²) in [5.41, 5.74) is 0.494. The van der Waals surface area contributed by atoms with Crippen molar-refractivity contribution in [3.8, 4) is 0 Å². The first-order valence-electron chi connectivity index (χ1n) is 14.0. The molecule has 6 rings (SSSR count). The third-order valence-corrected chi connectivity index (χ3v) is 13.8. The molecular weight excluding hydrogens is 408 g/mol. The molecule has 184 valence electrons. The number of ether oxygens (including phenoxy) is 1. The van der Waals surface area contributed by atoms with E-state index in [4.69, 9.17) is 4.74 Å². The molecule has 0 aromatic heterocycles. The Morgan fingerprint density at radius 1 is 0.727 bits per heavy atom. The molecule has 0 aromatic rings. The summed E-state index contributed by atoms with van der Waals surface area (Å²) in [6.45, 7) is 17.0. The van der Waals surface area contributed by atoms with Crippen molar-refractivity contribution in [2.75, 3.05) is 0 Å². The summed E-state index contributed by atoms with van der Waals surface area (Å²) in [7, 11) is 0. The maximum atomic E-state index is 13.3. The molecule has 3 heteroatoms. The second kappa shape index (κ2) is 6.28. The molecule has 6 fully saturated rings. The van der Waals surface area contributed by atoms with Crippen LogP contribution in [0.3, 0.4) is 0 Å². The van der Waals surface area contributed by atoms with Gasteiger partial charge in [0, 0.05) is 23.2 Å². The van der Waals surface area contributed by atoms with Crippen molar-refractivity contribution in [1.29, 1.82) is 0 Å². The van der Waals surface area contributed by atoms with E-state index >= 15 is 0 Å². The second-order valence-electron chi connectivity index (χ2n) is 15.3. The number of fused-ring (bicyclic) bond motifs is 5. The molecule has 0 radical (unpaired) electrons. The minimum absolute atomic E-state index is 0.0910. The van der Waals surface area contributed by atoms with Gasteiger partial charge in [0.1, 0.15) is 11.9 Å². The number of rotatable bonds is 0. The van der Waals surface area contributed by atoms with Crippen molar-refractivity contribution in [3.63, 3.8) is 0 Å². The number of carbonyl (C=O) groups is 2. The normalized spacial score (nSPS) is 56.2. The van der Waals surface area contributed by atoms with E-state index in [1.54, 1.807) is 0 Å². The Labute approximate surface area is 201 Å². The van der Waals surface area contributed by atoms with E-state index in [0.29, 0.717) is 29.5 Å². The molecule has 9 atom stereocenters. The van der Waals surface area contributed by atoms with E-state index in [9.17, 15) is 9.59 Å². The van der Waals surface area contributed by atoms with E-state index in [1.165, 1.54) is 32.1 Å². The molecule has 1 heterocycles. The Balaban J connectivity index is 1.42. The van der Waals surface area contributed by atoms with E-state index in [2.05, 4.69) is 48.5 Å². The average Bonchev–Trinajstić information content (AvgIpc) is 2.99. The predicted molar refractivity (Wildman–Crippen MR) is 129 cm³/mol. The van der Waals surface area contributed by atoms with Crippen LogP contribution in [0, 0.1) is 56.2 Å². The summed E-state index contributed by atoms with van der Waals surface area (Å²) >= 11 is 0. The van der Waals surface area contributed by atoms with Crippen molar-refractivity contribution < 1.29 is 14.3 Å². The summed E-state index contributed by atoms with van der Waals surface area (Å²) in [6.07, 6.45) is 11.2. The number of Topliss-reactive ketones (excluding diaryl/α,β-unsaturated/α-hetero) is 1. The summed E-state index contributed by atoms with van der Waals surface area (Å²) in [6, 6.07) is 0. The molecule has 0 aromatic carbocycles. The summed E-state index contributed by atoms with van der Waals surface area (Å²) in [5, 5.41) is 0. The smallest absolute Gasteiger partial charge is 0.312 e. The number of hydrogen-bond donors (Lipinski definition) is 0.